The summed E-state index contributed by atoms with van der Waals surface area (Å²) in [6.45, 7) is 0.0334. The second kappa shape index (κ2) is 5.40. The van der Waals surface area contributed by atoms with Crippen LogP contribution in [-0.4, -0.2) is 18.4 Å². The van der Waals surface area contributed by atoms with E-state index in [0.717, 1.165) is 0 Å². The highest BCUT2D eigenvalue weighted by atomic mass is 35.5. The first-order chi connectivity index (χ1) is 9.03. The molecule has 0 aliphatic rings. The number of halogens is 1. The maximum atomic E-state index is 12.0. The predicted octanol–water partition coefficient (Wildman–Crippen LogP) is 1.41. The molecular formula is C11H9ClN4O2S. The van der Waals surface area contributed by atoms with Crippen molar-refractivity contribution in [3.8, 4) is 6.07 Å². The number of hydrogen-bond donors (Lipinski definition) is 2. The summed E-state index contributed by atoms with van der Waals surface area (Å²) < 4.78 is 26.4. The molecule has 0 radical (unpaired) electrons. The van der Waals surface area contributed by atoms with Crippen molar-refractivity contribution in [2.75, 3.05) is 0 Å². The number of sulfonamides is 1. The predicted molar refractivity (Wildman–Crippen MR) is 68.8 cm³/mol. The van der Waals surface area contributed by atoms with E-state index in [1.165, 1.54) is 24.4 Å². The average molecular weight is 297 g/mol. The zero-order chi connectivity index (χ0) is 13.9. The fourth-order valence-electron chi connectivity index (χ4n) is 1.42. The third-order valence-electron chi connectivity index (χ3n) is 2.33. The maximum Gasteiger partial charge on any atom is 0.242 e. The molecule has 1 aromatic heterocycles. The third kappa shape index (κ3) is 3.12. The van der Waals surface area contributed by atoms with Crippen molar-refractivity contribution in [1.29, 1.82) is 5.26 Å². The van der Waals surface area contributed by atoms with Crippen LogP contribution in [0, 0.1) is 11.3 Å². The highest BCUT2D eigenvalue weighted by Crippen LogP contribution is 2.22. The van der Waals surface area contributed by atoms with Gasteiger partial charge in [0.15, 0.2) is 0 Å². The van der Waals surface area contributed by atoms with Crippen molar-refractivity contribution in [3.05, 3.63) is 47.0 Å². The monoisotopic (exact) mass is 296 g/mol. The zero-order valence-electron chi connectivity index (χ0n) is 9.59. The highest BCUT2D eigenvalue weighted by molar-refractivity contribution is 7.89. The number of H-pyrrole nitrogens is 1. The van der Waals surface area contributed by atoms with Gasteiger partial charge in [0.25, 0.3) is 0 Å². The van der Waals surface area contributed by atoms with Crippen LogP contribution in [-0.2, 0) is 16.6 Å². The molecule has 0 unspecified atom stereocenters. The van der Waals surface area contributed by atoms with Crippen molar-refractivity contribution in [3.63, 3.8) is 0 Å². The van der Waals surface area contributed by atoms with Crippen LogP contribution in [0.25, 0.3) is 0 Å². The van der Waals surface area contributed by atoms with Gasteiger partial charge >= 0.3 is 0 Å². The first kappa shape index (κ1) is 13.5. The molecule has 2 rings (SSSR count). The lowest BCUT2D eigenvalue weighted by Crippen LogP contribution is -2.24. The maximum absolute atomic E-state index is 12.0. The van der Waals surface area contributed by atoms with E-state index in [1.54, 1.807) is 6.20 Å². The van der Waals surface area contributed by atoms with Gasteiger partial charge < -0.3 is 4.98 Å². The number of nitrogens with one attached hydrogen (secondary N) is 2. The van der Waals surface area contributed by atoms with Crippen LogP contribution in [0.1, 0.15) is 11.4 Å². The number of nitrogens with zero attached hydrogens (tertiary/aromatic N) is 2. The number of nitriles is 1. The van der Waals surface area contributed by atoms with Gasteiger partial charge in [-0.1, -0.05) is 11.6 Å². The minimum absolute atomic E-state index is 0.00555. The highest BCUT2D eigenvalue weighted by Gasteiger charge is 2.18. The standard InChI is InChI=1S/C11H9ClN4O2S/c12-9-5-8(6-13)1-2-10(9)19(17,18)16-7-11-14-3-4-15-11/h1-5,16H,7H2,(H,14,15). The normalized spacial score (nSPS) is 11.2. The van der Waals surface area contributed by atoms with E-state index in [1.807, 2.05) is 6.07 Å². The van der Waals surface area contributed by atoms with E-state index >= 15 is 0 Å². The van der Waals surface area contributed by atoms with Crippen LogP contribution in [0.5, 0.6) is 0 Å². The molecule has 0 amide bonds. The molecule has 19 heavy (non-hydrogen) atoms. The quantitative estimate of drug-likeness (QED) is 0.891. The van der Waals surface area contributed by atoms with Crippen LogP contribution in [0.15, 0.2) is 35.5 Å². The van der Waals surface area contributed by atoms with Gasteiger partial charge in [0.1, 0.15) is 10.7 Å². The molecule has 0 saturated carbocycles. The first-order valence-corrected chi connectivity index (χ1v) is 7.06. The van der Waals surface area contributed by atoms with E-state index in [9.17, 15) is 8.42 Å². The molecule has 0 aliphatic carbocycles. The molecule has 1 heterocycles. The summed E-state index contributed by atoms with van der Waals surface area (Å²) in [5.41, 5.74) is 0.301. The fourth-order valence-corrected chi connectivity index (χ4v) is 2.95. The van der Waals surface area contributed by atoms with Gasteiger partial charge in [0.2, 0.25) is 10.0 Å². The summed E-state index contributed by atoms with van der Waals surface area (Å²) in [6.07, 6.45) is 3.12. The largest absolute Gasteiger partial charge is 0.347 e. The third-order valence-corrected chi connectivity index (χ3v) is 4.22. The van der Waals surface area contributed by atoms with E-state index < -0.39 is 10.0 Å². The number of aromatic nitrogens is 2. The molecule has 0 bridgehead atoms. The molecular weight excluding hydrogens is 288 g/mol. The Morgan fingerprint density at radius 3 is 2.84 bits per heavy atom. The molecule has 0 saturated heterocycles. The van der Waals surface area contributed by atoms with Crippen molar-refractivity contribution in [2.24, 2.45) is 0 Å². The molecule has 0 fully saturated rings. The number of rotatable bonds is 4. The van der Waals surface area contributed by atoms with E-state index in [4.69, 9.17) is 16.9 Å². The van der Waals surface area contributed by atoms with Gasteiger partial charge in [0.05, 0.1) is 23.2 Å². The van der Waals surface area contributed by atoms with E-state index in [2.05, 4.69) is 14.7 Å². The Kier molecular flexibility index (Phi) is 3.85. The second-order valence-corrected chi connectivity index (χ2v) is 5.76. The van der Waals surface area contributed by atoms with E-state index in [0.29, 0.717) is 11.4 Å². The Labute approximate surface area is 115 Å². The summed E-state index contributed by atoms with van der Waals surface area (Å²) >= 11 is 5.86. The van der Waals surface area contributed by atoms with Crippen LogP contribution >= 0.6 is 11.6 Å². The lowest BCUT2D eigenvalue weighted by atomic mass is 10.2. The van der Waals surface area contributed by atoms with Crippen molar-refractivity contribution >= 4 is 21.6 Å². The SMILES string of the molecule is N#Cc1ccc(S(=O)(=O)NCc2ncc[nH]2)c(Cl)c1. The van der Waals surface area contributed by atoms with Gasteiger partial charge in [-0.2, -0.15) is 5.26 Å². The Balaban J connectivity index is 2.22. The number of hydrogen-bond acceptors (Lipinski definition) is 4. The van der Waals surface area contributed by atoms with E-state index in [-0.39, 0.29) is 16.5 Å². The van der Waals surface area contributed by atoms with Crippen LogP contribution in [0.4, 0.5) is 0 Å². The average Bonchev–Trinajstić information content (AvgIpc) is 2.89. The van der Waals surface area contributed by atoms with Gasteiger partial charge in [0, 0.05) is 12.4 Å². The lowest BCUT2D eigenvalue weighted by molar-refractivity contribution is 0.579. The van der Waals surface area contributed by atoms with Gasteiger partial charge in [-0.25, -0.2) is 18.1 Å². The first-order valence-electron chi connectivity index (χ1n) is 5.20. The fraction of sp³-hybridized carbons (Fsp3) is 0.0909. The summed E-state index contributed by atoms with van der Waals surface area (Å²) in [5, 5.41) is 8.70. The van der Waals surface area contributed by atoms with Crippen molar-refractivity contribution < 1.29 is 8.42 Å². The summed E-state index contributed by atoms with van der Waals surface area (Å²) in [4.78, 5) is 6.61. The Bertz CT molecular complexity index is 720. The number of imidazole rings is 1. The topological polar surface area (TPSA) is 98.6 Å². The van der Waals surface area contributed by atoms with Gasteiger partial charge in [-0.15, -0.1) is 0 Å². The van der Waals surface area contributed by atoms with Gasteiger partial charge in [-0.3, -0.25) is 0 Å². The van der Waals surface area contributed by atoms with Crippen LogP contribution < -0.4 is 4.72 Å². The molecule has 1 aromatic carbocycles. The Morgan fingerprint density at radius 1 is 1.47 bits per heavy atom. The molecule has 2 aromatic rings. The zero-order valence-corrected chi connectivity index (χ0v) is 11.2. The van der Waals surface area contributed by atoms with Crippen LogP contribution in [0.2, 0.25) is 5.02 Å². The molecule has 0 spiro atoms. The molecule has 8 heteroatoms. The van der Waals surface area contributed by atoms with Gasteiger partial charge in [-0.05, 0) is 18.2 Å². The summed E-state index contributed by atoms with van der Waals surface area (Å²) in [6, 6.07) is 5.89. The van der Waals surface area contributed by atoms with Crippen LogP contribution in [0.3, 0.4) is 0 Å². The Hall–Kier alpha value is -1.88. The number of aromatic amines is 1. The molecule has 6 nitrogen and oxygen atoms in total. The molecule has 0 atom stereocenters. The number of benzene rings is 1. The second-order valence-electron chi connectivity index (χ2n) is 3.62. The lowest BCUT2D eigenvalue weighted by Gasteiger charge is -2.07. The smallest absolute Gasteiger partial charge is 0.242 e. The molecule has 0 aliphatic heterocycles. The minimum Gasteiger partial charge on any atom is -0.347 e. The molecule has 2 N–H and O–H groups in total. The molecule has 98 valence electrons. The van der Waals surface area contributed by atoms with Crippen molar-refractivity contribution in [2.45, 2.75) is 11.4 Å². The summed E-state index contributed by atoms with van der Waals surface area (Å²) in [7, 11) is -3.74. The minimum atomic E-state index is -3.74. The Morgan fingerprint density at radius 2 is 2.26 bits per heavy atom. The summed E-state index contributed by atoms with van der Waals surface area (Å²) in [5.74, 6) is 0.494. The van der Waals surface area contributed by atoms with Crippen molar-refractivity contribution in [1.82, 2.24) is 14.7 Å².